The molecule has 22 heavy (non-hydrogen) atoms. The van der Waals surface area contributed by atoms with Crippen LogP contribution in [0.15, 0.2) is 11.8 Å². The van der Waals surface area contributed by atoms with E-state index in [0.29, 0.717) is 30.1 Å². The van der Waals surface area contributed by atoms with Gasteiger partial charge in [0, 0.05) is 17.5 Å². The van der Waals surface area contributed by atoms with E-state index in [1.54, 1.807) is 0 Å². The van der Waals surface area contributed by atoms with Gasteiger partial charge in [0.25, 0.3) is 0 Å². The molecule has 2 saturated carbocycles. The van der Waals surface area contributed by atoms with Gasteiger partial charge in [-0.1, -0.05) is 26.8 Å². The smallest absolute Gasteiger partial charge is 0.224 e. The van der Waals surface area contributed by atoms with Crippen LogP contribution in [0.5, 0.6) is 0 Å². The maximum Gasteiger partial charge on any atom is 0.224 e. The highest BCUT2D eigenvalue weighted by atomic mass is 16.3. The first kappa shape index (κ1) is 14.7. The summed E-state index contributed by atoms with van der Waals surface area (Å²) in [4.78, 5) is 11.8. The lowest BCUT2D eigenvalue weighted by Gasteiger charge is -2.57. The molecule has 7 atom stereocenters. The van der Waals surface area contributed by atoms with Gasteiger partial charge in [-0.15, -0.1) is 0 Å². The third-order valence-electron chi connectivity index (χ3n) is 7.88. The number of carbonyl (C=O) groups excluding carboxylic acids is 1. The van der Waals surface area contributed by atoms with Gasteiger partial charge in [-0.3, -0.25) is 4.79 Å². The molecule has 3 heteroatoms. The lowest BCUT2D eigenvalue weighted by Crippen LogP contribution is -2.54. The molecule has 0 aromatic heterocycles. The zero-order chi connectivity index (χ0) is 15.7. The summed E-state index contributed by atoms with van der Waals surface area (Å²) in [7, 11) is 0. The second-order valence-corrected chi connectivity index (χ2v) is 8.89. The fourth-order valence-corrected chi connectivity index (χ4v) is 6.70. The van der Waals surface area contributed by atoms with Crippen molar-refractivity contribution in [3.05, 3.63) is 11.8 Å². The molecular weight excluding hydrogens is 274 g/mol. The molecule has 3 aliphatic carbocycles. The highest BCUT2D eigenvalue weighted by Gasteiger charge is 2.60. The molecule has 3 fully saturated rings. The highest BCUT2D eigenvalue weighted by Crippen LogP contribution is 2.64. The standard InChI is InChI=1S/C19H29NO2/c1-11-10-15(21)19(3)8-6-13-12(17(11)19)4-5-14-18(13,2)9-7-16(22)20-14/h5,11-13,15,17,21H,4,6-10H2,1-3H3,(H,20,22)/t11?,12-,13-,15?,17+,18-,19-/m1/s1. The van der Waals surface area contributed by atoms with E-state index in [-0.39, 0.29) is 22.8 Å². The van der Waals surface area contributed by atoms with Gasteiger partial charge in [-0.2, -0.15) is 0 Å². The second kappa shape index (κ2) is 4.59. The van der Waals surface area contributed by atoms with Gasteiger partial charge in [0.2, 0.25) is 5.91 Å². The normalized spacial score (nSPS) is 53.9. The van der Waals surface area contributed by atoms with Crippen LogP contribution in [0, 0.1) is 34.5 Å². The van der Waals surface area contributed by atoms with Crippen LogP contribution in [0.1, 0.15) is 59.3 Å². The van der Waals surface area contributed by atoms with E-state index in [4.69, 9.17) is 0 Å². The third-order valence-corrected chi connectivity index (χ3v) is 7.88. The molecule has 1 aliphatic heterocycles. The molecule has 1 amide bonds. The number of aliphatic hydroxyl groups excluding tert-OH is 1. The minimum Gasteiger partial charge on any atom is -0.393 e. The number of piperidine rings is 1. The number of allylic oxidation sites excluding steroid dienone is 2. The van der Waals surface area contributed by atoms with E-state index in [2.05, 4.69) is 32.2 Å². The summed E-state index contributed by atoms with van der Waals surface area (Å²) in [5, 5.41) is 13.8. The van der Waals surface area contributed by atoms with Crippen molar-refractivity contribution in [2.45, 2.75) is 65.4 Å². The Bertz CT molecular complexity index is 542. The van der Waals surface area contributed by atoms with Gasteiger partial charge in [0.1, 0.15) is 0 Å². The first-order chi connectivity index (χ1) is 10.4. The van der Waals surface area contributed by atoms with Crippen molar-refractivity contribution in [1.82, 2.24) is 5.32 Å². The van der Waals surface area contributed by atoms with Crippen LogP contribution >= 0.6 is 0 Å². The number of rotatable bonds is 0. The molecule has 0 radical (unpaired) electrons. The predicted octanol–water partition coefficient (Wildman–Crippen LogP) is 3.24. The van der Waals surface area contributed by atoms with E-state index in [1.807, 2.05) is 0 Å². The molecule has 3 nitrogen and oxygen atoms in total. The van der Waals surface area contributed by atoms with Gasteiger partial charge in [-0.25, -0.2) is 0 Å². The lowest BCUT2D eigenvalue weighted by molar-refractivity contribution is -0.125. The average molecular weight is 303 g/mol. The van der Waals surface area contributed by atoms with Crippen molar-refractivity contribution in [3.63, 3.8) is 0 Å². The molecule has 0 bridgehead atoms. The number of fused-ring (bicyclic) bond motifs is 5. The van der Waals surface area contributed by atoms with E-state index < -0.39 is 0 Å². The van der Waals surface area contributed by atoms with E-state index >= 15 is 0 Å². The Morgan fingerprint density at radius 3 is 2.86 bits per heavy atom. The predicted molar refractivity (Wildman–Crippen MR) is 85.8 cm³/mol. The highest BCUT2D eigenvalue weighted by molar-refractivity contribution is 5.79. The molecule has 1 heterocycles. The van der Waals surface area contributed by atoms with Crippen molar-refractivity contribution in [3.8, 4) is 0 Å². The summed E-state index contributed by atoms with van der Waals surface area (Å²) in [5.74, 6) is 2.78. The number of carbonyl (C=O) groups is 1. The average Bonchev–Trinajstić information content (AvgIpc) is 2.70. The third kappa shape index (κ3) is 1.75. The maximum atomic E-state index is 11.8. The van der Waals surface area contributed by atoms with Crippen molar-refractivity contribution in [1.29, 1.82) is 0 Å². The van der Waals surface area contributed by atoms with Crippen LogP contribution in [0.25, 0.3) is 0 Å². The molecule has 0 aromatic rings. The van der Waals surface area contributed by atoms with Gasteiger partial charge >= 0.3 is 0 Å². The van der Waals surface area contributed by atoms with Crippen molar-refractivity contribution in [2.24, 2.45) is 34.5 Å². The summed E-state index contributed by atoms with van der Waals surface area (Å²) >= 11 is 0. The van der Waals surface area contributed by atoms with Gasteiger partial charge in [-0.05, 0) is 61.2 Å². The summed E-state index contributed by atoms with van der Waals surface area (Å²) in [6.07, 6.45) is 8.22. The Hall–Kier alpha value is -0.830. The molecule has 4 rings (SSSR count). The lowest BCUT2D eigenvalue weighted by atomic mass is 9.49. The largest absolute Gasteiger partial charge is 0.393 e. The SMILES string of the molecule is CC1CC(O)[C@@]2(C)CC[C@@H]3[C@@H](CC=C4NC(=O)CC[C@@]43C)[C@H]12. The molecular formula is C19H29NO2. The molecule has 0 aromatic carbocycles. The monoisotopic (exact) mass is 303 g/mol. The summed E-state index contributed by atoms with van der Waals surface area (Å²) < 4.78 is 0. The fourth-order valence-electron chi connectivity index (χ4n) is 6.70. The van der Waals surface area contributed by atoms with Crippen molar-refractivity contribution < 1.29 is 9.90 Å². The number of aliphatic hydroxyl groups is 1. The Balaban J connectivity index is 1.72. The number of amides is 1. The zero-order valence-electron chi connectivity index (χ0n) is 14.1. The van der Waals surface area contributed by atoms with Crippen LogP contribution in [0.3, 0.4) is 0 Å². The summed E-state index contributed by atoms with van der Waals surface area (Å²) in [6, 6.07) is 0. The molecule has 1 saturated heterocycles. The second-order valence-electron chi connectivity index (χ2n) is 8.89. The summed E-state index contributed by atoms with van der Waals surface area (Å²) in [5.41, 5.74) is 1.45. The van der Waals surface area contributed by atoms with E-state index in [1.165, 1.54) is 12.1 Å². The number of hydrogen-bond donors (Lipinski definition) is 2. The maximum absolute atomic E-state index is 11.8. The van der Waals surface area contributed by atoms with Gasteiger partial charge in [0.15, 0.2) is 0 Å². The fraction of sp³-hybridized carbons (Fsp3) is 0.842. The Labute approximate surface area is 133 Å². The Morgan fingerprint density at radius 1 is 1.32 bits per heavy atom. The topological polar surface area (TPSA) is 49.3 Å². The van der Waals surface area contributed by atoms with E-state index in [9.17, 15) is 9.90 Å². The van der Waals surface area contributed by atoms with Crippen molar-refractivity contribution >= 4 is 5.91 Å². The molecule has 0 spiro atoms. The Kier molecular flexibility index (Phi) is 3.08. The van der Waals surface area contributed by atoms with E-state index in [0.717, 1.165) is 25.7 Å². The zero-order valence-corrected chi connectivity index (χ0v) is 14.1. The number of hydrogen-bond acceptors (Lipinski definition) is 2. The first-order valence-corrected chi connectivity index (χ1v) is 9.05. The minimum atomic E-state index is -0.127. The molecule has 122 valence electrons. The minimum absolute atomic E-state index is 0.111. The Morgan fingerprint density at radius 2 is 2.09 bits per heavy atom. The van der Waals surface area contributed by atoms with Crippen LogP contribution in [0.4, 0.5) is 0 Å². The number of nitrogens with one attached hydrogen (secondary N) is 1. The van der Waals surface area contributed by atoms with Gasteiger partial charge in [0.05, 0.1) is 6.10 Å². The van der Waals surface area contributed by atoms with Crippen LogP contribution in [0.2, 0.25) is 0 Å². The van der Waals surface area contributed by atoms with Crippen molar-refractivity contribution in [2.75, 3.05) is 0 Å². The molecule has 2 N–H and O–H groups in total. The first-order valence-electron chi connectivity index (χ1n) is 9.05. The van der Waals surface area contributed by atoms with Crippen LogP contribution in [-0.2, 0) is 4.79 Å². The quantitative estimate of drug-likeness (QED) is 0.722. The summed E-state index contributed by atoms with van der Waals surface area (Å²) in [6.45, 7) is 7.03. The van der Waals surface area contributed by atoms with Crippen LogP contribution in [-0.4, -0.2) is 17.1 Å². The van der Waals surface area contributed by atoms with Crippen LogP contribution < -0.4 is 5.32 Å². The molecule has 2 unspecified atom stereocenters. The van der Waals surface area contributed by atoms with Gasteiger partial charge < -0.3 is 10.4 Å². The molecule has 4 aliphatic rings.